The molecule has 0 atom stereocenters. The highest BCUT2D eigenvalue weighted by Gasteiger charge is 2.27. The molecule has 2 saturated carbocycles. The molecule has 2 aliphatic carbocycles. The second-order valence-electron chi connectivity index (χ2n) is 10.2. The van der Waals surface area contributed by atoms with Gasteiger partial charge in [-0.25, -0.2) is 0 Å². The van der Waals surface area contributed by atoms with Crippen molar-refractivity contribution in [3.63, 3.8) is 0 Å². The van der Waals surface area contributed by atoms with E-state index in [0.29, 0.717) is 17.0 Å². The highest BCUT2D eigenvalue weighted by atomic mass is 16.5. The molecule has 2 amide bonds. The van der Waals surface area contributed by atoms with E-state index in [4.69, 9.17) is 9.84 Å². The number of aliphatic hydroxyl groups is 1. The van der Waals surface area contributed by atoms with Gasteiger partial charge < -0.3 is 25.5 Å². The maximum atomic E-state index is 13.4. The summed E-state index contributed by atoms with van der Waals surface area (Å²) in [6, 6.07) is 8.27. The normalized spacial score (nSPS) is 19.8. The van der Waals surface area contributed by atoms with E-state index in [9.17, 15) is 9.59 Å². The van der Waals surface area contributed by atoms with Crippen molar-refractivity contribution in [3.05, 3.63) is 47.3 Å². The lowest BCUT2D eigenvalue weighted by Gasteiger charge is -2.29. The SMILES string of the molecule is Cc1ccc(OCC2CC2)c(-c2ccnc3c(C(=O)N[C@H]4CC[C@H](NC(=O)CO)CC4)c(C)[nH]c23)c1. The number of nitrogens with zero attached hydrogens (tertiary/aromatic N) is 1. The van der Waals surface area contributed by atoms with Gasteiger partial charge in [0, 0.05) is 35.1 Å². The highest BCUT2D eigenvalue weighted by molar-refractivity contribution is 6.09. The number of benzene rings is 1. The molecule has 0 radical (unpaired) electrons. The van der Waals surface area contributed by atoms with Crippen molar-refractivity contribution < 1.29 is 19.4 Å². The molecular formula is C28H34N4O4. The molecule has 1 aromatic carbocycles. The van der Waals surface area contributed by atoms with E-state index in [1.165, 1.54) is 12.8 Å². The van der Waals surface area contributed by atoms with Crippen molar-refractivity contribution in [3.8, 4) is 16.9 Å². The van der Waals surface area contributed by atoms with Crippen molar-refractivity contribution in [1.82, 2.24) is 20.6 Å². The first-order valence-electron chi connectivity index (χ1n) is 12.8. The molecule has 0 spiro atoms. The Bertz CT molecular complexity index is 1270. The lowest BCUT2D eigenvalue weighted by atomic mass is 9.91. The fraction of sp³-hybridized carbons (Fsp3) is 0.464. The third-order valence-corrected chi connectivity index (χ3v) is 7.27. The number of aromatic nitrogens is 2. The summed E-state index contributed by atoms with van der Waals surface area (Å²) in [6.45, 7) is 4.20. The van der Waals surface area contributed by atoms with Crippen LogP contribution in [-0.2, 0) is 4.79 Å². The van der Waals surface area contributed by atoms with Crippen LogP contribution in [0.3, 0.4) is 0 Å². The monoisotopic (exact) mass is 490 g/mol. The van der Waals surface area contributed by atoms with Gasteiger partial charge in [-0.05, 0) is 76.5 Å². The largest absolute Gasteiger partial charge is 0.493 e. The van der Waals surface area contributed by atoms with Crippen molar-refractivity contribution in [2.75, 3.05) is 13.2 Å². The molecule has 0 saturated heterocycles. The number of pyridine rings is 1. The van der Waals surface area contributed by atoms with Crippen LogP contribution in [0.1, 0.15) is 60.1 Å². The number of nitrogens with one attached hydrogen (secondary N) is 3. The first kappa shape index (κ1) is 24.3. The summed E-state index contributed by atoms with van der Waals surface area (Å²) in [4.78, 5) is 32.8. The summed E-state index contributed by atoms with van der Waals surface area (Å²) in [5, 5.41) is 14.9. The number of H-pyrrole nitrogens is 1. The maximum Gasteiger partial charge on any atom is 0.255 e. The lowest BCUT2D eigenvalue weighted by molar-refractivity contribution is -0.124. The van der Waals surface area contributed by atoms with E-state index in [1.807, 2.05) is 19.1 Å². The van der Waals surface area contributed by atoms with Gasteiger partial charge >= 0.3 is 0 Å². The van der Waals surface area contributed by atoms with Gasteiger partial charge in [-0.3, -0.25) is 14.6 Å². The number of carbonyl (C=O) groups is 2. The van der Waals surface area contributed by atoms with Gasteiger partial charge in [0.05, 0.1) is 17.7 Å². The highest BCUT2D eigenvalue weighted by Crippen LogP contribution is 2.38. The quantitative estimate of drug-likeness (QED) is 0.383. The minimum absolute atomic E-state index is 0.0338. The smallest absolute Gasteiger partial charge is 0.255 e. The van der Waals surface area contributed by atoms with Gasteiger partial charge in [0.1, 0.15) is 17.9 Å². The Morgan fingerprint density at radius 3 is 2.44 bits per heavy atom. The molecule has 8 heteroatoms. The number of ether oxygens (including phenoxy) is 1. The van der Waals surface area contributed by atoms with E-state index in [1.54, 1.807) is 6.20 Å². The van der Waals surface area contributed by atoms with Crippen LogP contribution in [0.25, 0.3) is 22.2 Å². The van der Waals surface area contributed by atoms with Gasteiger partial charge in [0.25, 0.3) is 5.91 Å². The van der Waals surface area contributed by atoms with Crippen LogP contribution in [0.5, 0.6) is 5.75 Å². The number of aliphatic hydroxyl groups excluding tert-OH is 1. The number of fused-ring (bicyclic) bond motifs is 1. The van der Waals surface area contributed by atoms with E-state index >= 15 is 0 Å². The number of rotatable bonds is 8. The number of hydrogen-bond donors (Lipinski definition) is 4. The molecule has 2 fully saturated rings. The minimum Gasteiger partial charge on any atom is -0.493 e. The van der Waals surface area contributed by atoms with Crippen molar-refractivity contribution >= 4 is 22.8 Å². The van der Waals surface area contributed by atoms with Crippen LogP contribution in [0.2, 0.25) is 0 Å². The van der Waals surface area contributed by atoms with Crippen LogP contribution in [0, 0.1) is 19.8 Å². The third-order valence-electron chi connectivity index (χ3n) is 7.27. The topological polar surface area (TPSA) is 116 Å². The molecule has 2 aromatic heterocycles. The summed E-state index contributed by atoms with van der Waals surface area (Å²) in [7, 11) is 0. The van der Waals surface area contributed by atoms with E-state index in [2.05, 4.69) is 39.7 Å². The van der Waals surface area contributed by atoms with E-state index < -0.39 is 6.61 Å². The summed E-state index contributed by atoms with van der Waals surface area (Å²) in [5.41, 5.74) is 5.94. The van der Waals surface area contributed by atoms with E-state index in [0.717, 1.165) is 65.9 Å². The second kappa shape index (κ2) is 10.3. The standard InChI is InChI=1S/C28H34N4O4/c1-16-3-10-23(36-15-18-4-5-18)22(13-16)21-11-12-29-27-25(17(2)30-26(21)27)28(35)32-20-8-6-19(7-9-20)31-24(34)14-33/h3,10-13,18-20,30,33H,4-9,14-15H2,1-2H3,(H,31,34)(H,32,35)/t19-,20-. The fourth-order valence-corrected chi connectivity index (χ4v) is 5.09. The molecule has 4 N–H and O–H groups in total. The molecule has 2 aliphatic rings. The van der Waals surface area contributed by atoms with Crippen LogP contribution in [0.15, 0.2) is 30.5 Å². The second-order valence-corrected chi connectivity index (χ2v) is 10.2. The number of aryl methyl sites for hydroxylation is 2. The zero-order valence-electron chi connectivity index (χ0n) is 20.9. The molecule has 0 unspecified atom stereocenters. The predicted molar refractivity (Wildman–Crippen MR) is 138 cm³/mol. The Morgan fingerprint density at radius 2 is 1.75 bits per heavy atom. The maximum absolute atomic E-state index is 13.4. The Labute approximate surface area is 210 Å². The number of aromatic amines is 1. The van der Waals surface area contributed by atoms with Gasteiger partial charge in [-0.2, -0.15) is 0 Å². The van der Waals surface area contributed by atoms with Crippen molar-refractivity contribution in [2.24, 2.45) is 5.92 Å². The van der Waals surface area contributed by atoms with E-state index in [-0.39, 0.29) is 23.9 Å². The van der Waals surface area contributed by atoms with Gasteiger partial charge in [0.15, 0.2) is 0 Å². The number of hydrogen-bond acceptors (Lipinski definition) is 5. The van der Waals surface area contributed by atoms with Crippen LogP contribution in [0.4, 0.5) is 0 Å². The summed E-state index contributed by atoms with van der Waals surface area (Å²) in [6.07, 6.45) is 7.29. The Hall–Kier alpha value is -3.39. The lowest BCUT2D eigenvalue weighted by Crippen LogP contribution is -2.44. The average Bonchev–Trinajstić information content (AvgIpc) is 3.63. The van der Waals surface area contributed by atoms with Crippen LogP contribution >= 0.6 is 0 Å². The van der Waals surface area contributed by atoms with Crippen LogP contribution < -0.4 is 15.4 Å². The minimum atomic E-state index is -0.498. The van der Waals surface area contributed by atoms with Gasteiger partial charge in [-0.15, -0.1) is 0 Å². The fourth-order valence-electron chi connectivity index (χ4n) is 5.09. The molecule has 8 nitrogen and oxygen atoms in total. The number of amides is 2. The molecule has 3 aromatic rings. The molecule has 190 valence electrons. The molecular weight excluding hydrogens is 456 g/mol. The summed E-state index contributed by atoms with van der Waals surface area (Å²) >= 11 is 0. The average molecular weight is 491 g/mol. The van der Waals surface area contributed by atoms with Gasteiger partial charge in [-0.1, -0.05) is 11.6 Å². The zero-order chi connectivity index (χ0) is 25.2. The molecule has 2 heterocycles. The van der Waals surface area contributed by atoms with Crippen LogP contribution in [-0.4, -0.2) is 52.2 Å². The van der Waals surface area contributed by atoms with Crippen molar-refractivity contribution in [2.45, 2.75) is 64.5 Å². The Balaban J connectivity index is 1.37. The Kier molecular flexibility index (Phi) is 6.96. The summed E-state index contributed by atoms with van der Waals surface area (Å²) in [5.74, 6) is 1.01. The third kappa shape index (κ3) is 5.23. The first-order valence-corrected chi connectivity index (χ1v) is 12.8. The van der Waals surface area contributed by atoms with Gasteiger partial charge in [0.2, 0.25) is 5.91 Å². The molecule has 0 aliphatic heterocycles. The molecule has 36 heavy (non-hydrogen) atoms. The Morgan fingerprint density at radius 1 is 1.03 bits per heavy atom. The molecule has 0 bridgehead atoms. The number of carbonyl (C=O) groups excluding carboxylic acids is 2. The first-order chi connectivity index (χ1) is 17.4. The van der Waals surface area contributed by atoms with Crippen molar-refractivity contribution in [1.29, 1.82) is 0 Å². The predicted octanol–water partition coefficient (Wildman–Crippen LogP) is 3.79. The molecule has 5 rings (SSSR count). The zero-order valence-corrected chi connectivity index (χ0v) is 20.9. The summed E-state index contributed by atoms with van der Waals surface area (Å²) < 4.78 is 6.19.